The van der Waals surface area contributed by atoms with Crippen LogP contribution in [-0.2, 0) is 0 Å². The monoisotopic (exact) mass is 254 g/mol. The number of fused-ring (bicyclic) bond motifs is 1. The van der Waals surface area contributed by atoms with Crippen LogP contribution in [0.5, 0.6) is 0 Å². The van der Waals surface area contributed by atoms with Crippen molar-refractivity contribution in [2.45, 2.75) is 32.7 Å². The molecule has 0 amide bonds. The summed E-state index contributed by atoms with van der Waals surface area (Å²) in [5.41, 5.74) is 0. The Balaban J connectivity index is 2.35. The van der Waals surface area contributed by atoms with E-state index >= 15 is 0 Å². The van der Waals surface area contributed by atoms with Gasteiger partial charge in [-0.2, -0.15) is 9.38 Å². The van der Waals surface area contributed by atoms with Gasteiger partial charge in [-0.1, -0.05) is 24.7 Å². The third kappa shape index (κ3) is 2.23. The molecular weight excluding hydrogens is 240 g/mol. The first-order chi connectivity index (χ1) is 8.13. The number of nitrogens with one attached hydrogen (secondary N) is 1. The summed E-state index contributed by atoms with van der Waals surface area (Å²) in [5.74, 6) is 0.381. The van der Waals surface area contributed by atoms with Crippen molar-refractivity contribution >= 4 is 27.9 Å². The van der Waals surface area contributed by atoms with Crippen molar-refractivity contribution in [2.75, 3.05) is 5.32 Å². The van der Waals surface area contributed by atoms with Crippen LogP contribution < -0.4 is 5.32 Å². The molecule has 0 spiro atoms. The molecule has 0 fully saturated rings. The summed E-state index contributed by atoms with van der Waals surface area (Å²) in [5, 5.41) is 15.9. The molecule has 7 heteroatoms. The Labute approximate surface area is 102 Å². The Hall–Kier alpha value is -1.63. The van der Waals surface area contributed by atoms with Crippen LogP contribution in [-0.4, -0.2) is 20.3 Å². The molecule has 2 aromatic rings. The van der Waals surface area contributed by atoms with Gasteiger partial charge in [-0.25, -0.2) is 0 Å². The van der Waals surface area contributed by atoms with Crippen LogP contribution in [0.3, 0.4) is 0 Å². The van der Waals surface area contributed by atoms with Gasteiger partial charge in [0, 0.05) is 11.4 Å². The molecule has 0 bridgehead atoms. The lowest BCUT2D eigenvalue weighted by Gasteiger charge is -2.11. The average Bonchev–Trinajstić information content (AvgIpc) is 2.76. The first-order valence-electron chi connectivity index (χ1n) is 5.50. The maximum absolute atomic E-state index is 11.0. The Kier molecular flexibility index (Phi) is 3.28. The standard InChI is InChI=1S/C10H14N4O2S/c1-3-4-7(2)11-8-9(14(15)16)13-5-6-17-10(13)12-8/h5-7,11H,3-4H2,1-2H3/t7-/m1/s1. The highest BCUT2D eigenvalue weighted by molar-refractivity contribution is 7.15. The summed E-state index contributed by atoms with van der Waals surface area (Å²) in [6.07, 6.45) is 3.66. The van der Waals surface area contributed by atoms with Crippen LogP contribution >= 0.6 is 11.3 Å². The molecule has 2 heterocycles. The van der Waals surface area contributed by atoms with E-state index in [-0.39, 0.29) is 11.9 Å². The highest BCUT2D eigenvalue weighted by Gasteiger charge is 2.24. The van der Waals surface area contributed by atoms with Gasteiger partial charge in [-0.3, -0.25) is 0 Å². The number of thiazole rings is 1. The van der Waals surface area contributed by atoms with Gasteiger partial charge >= 0.3 is 5.82 Å². The van der Waals surface area contributed by atoms with E-state index in [1.807, 2.05) is 6.92 Å². The number of hydrogen-bond donors (Lipinski definition) is 1. The normalized spacial score (nSPS) is 12.8. The zero-order chi connectivity index (χ0) is 12.4. The molecule has 0 aliphatic heterocycles. The van der Waals surface area contributed by atoms with Gasteiger partial charge in [0.2, 0.25) is 5.82 Å². The molecule has 0 saturated heterocycles. The zero-order valence-electron chi connectivity index (χ0n) is 9.71. The summed E-state index contributed by atoms with van der Waals surface area (Å²) in [6, 6.07) is 0.184. The second-order valence-electron chi connectivity index (χ2n) is 3.93. The molecule has 2 aromatic heterocycles. The predicted octanol–water partition coefficient (Wildman–Crippen LogP) is 2.90. The minimum absolute atomic E-state index is 0.0178. The van der Waals surface area contributed by atoms with E-state index in [1.54, 1.807) is 11.6 Å². The highest BCUT2D eigenvalue weighted by atomic mass is 32.1. The lowest BCUT2D eigenvalue weighted by molar-refractivity contribution is -0.389. The van der Waals surface area contributed by atoms with Gasteiger partial charge in [-0.05, 0) is 18.3 Å². The van der Waals surface area contributed by atoms with E-state index in [0.717, 1.165) is 12.8 Å². The summed E-state index contributed by atoms with van der Waals surface area (Å²) in [4.78, 5) is 15.5. The molecular formula is C10H14N4O2S. The van der Waals surface area contributed by atoms with E-state index in [2.05, 4.69) is 17.2 Å². The number of hydrogen-bond acceptors (Lipinski definition) is 5. The average molecular weight is 254 g/mol. The minimum Gasteiger partial charge on any atom is -0.360 e. The number of nitro groups is 1. The third-order valence-corrected chi connectivity index (χ3v) is 3.27. The maximum Gasteiger partial charge on any atom is 0.372 e. The van der Waals surface area contributed by atoms with E-state index < -0.39 is 4.92 Å². The van der Waals surface area contributed by atoms with Crippen molar-refractivity contribution in [3.05, 3.63) is 21.7 Å². The molecule has 92 valence electrons. The van der Waals surface area contributed by atoms with Crippen LogP contribution in [0.4, 0.5) is 11.6 Å². The molecule has 6 nitrogen and oxygen atoms in total. The molecule has 0 aliphatic carbocycles. The largest absolute Gasteiger partial charge is 0.372 e. The molecule has 1 N–H and O–H groups in total. The number of aromatic nitrogens is 2. The van der Waals surface area contributed by atoms with E-state index in [4.69, 9.17) is 0 Å². The first kappa shape index (κ1) is 11.8. The number of nitrogens with zero attached hydrogens (tertiary/aromatic N) is 3. The van der Waals surface area contributed by atoms with Crippen molar-refractivity contribution in [3.63, 3.8) is 0 Å². The Morgan fingerprint density at radius 3 is 3.12 bits per heavy atom. The Morgan fingerprint density at radius 2 is 2.47 bits per heavy atom. The molecule has 0 saturated carbocycles. The lowest BCUT2D eigenvalue weighted by Crippen LogP contribution is -2.15. The van der Waals surface area contributed by atoms with Gasteiger partial charge in [0.15, 0.2) is 0 Å². The van der Waals surface area contributed by atoms with E-state index in [9.17, 15) is 10.1 Å². The molecule has 1 atom stereocenters. The van der Waals surface area contributed by atoms with Crippen LogP contribution in [0.1, 0.15) is 26.7 Å². The molecule has 0 aliphatic rings. The summed E-state index contributed by atoms with van der Waals surface area (Å²) in [7, 11) is 0. The summed E-state index contributed by atoms with van der Waals surface area (Å²) < 4.78 is 1.51. The third-order valence-electron chi connectivity index (χ3n) is 2.51. The number of rotatable bonds is 5. The lowest BCUT2D eigenvalue weighted by atomic mass is 10.2. The zero-order valence-corrected chi connectivity index (χ0v) is 10.5. The fourth-order valence-electron chi connectivity index (χ4n) is 1.78. The van der Waals surface area contributed by atoms with Gasteiger partial charge < -0.3 is 15.4 Å². The summed E-state index contributed by atoms with van der Waals surface area (Å²) in [6.45, 7) is 4.08. The van der Waals surface area contributed by atoms with E-state index in [0.29, 0.717) is 10.8 Å². The summed E-state index contributed by atoms with van der Waals surface area (Å²) >= 11 is 1.39. The number of anilines is 1. The smallest absolute Gasteiger partial charge is 0.360 e. The van der Waals surface area contributed by atoms with Crippen molar-refractivity contribution < 1.29 is 4.92 Å². The number of imidazole rings is 1. The van der Waals surface area contributed by atoms with Crippen molar-refractivity contribution in [1.29, 1.82) is 0 Å². The van der Waals surface area contributed by atoms with Crippen LogP contribution in [0.2, 0.25) is 0 Å². The second kappa shape index (κ2) is 4.70. The second-order valence-corrected chi connectivity index (χ2v) is 4.80. The molecule has 2 rings (SSSR count). The molecule has 0 aromatic carbocycles. The van der Waals surface area contributed by atoms with Gasteiger partial charge in [0.05, 0.1) is 0 Å². The first-order valence-corrected chi connectivity index (χ1v) is 6.38. The van der Waals surface area contributed by atoms with Gasteiger partial charge in [0.25, 0.3) is 4.96 Å². The topological polar surface area (TPSA) is 72.5 Å². The fourth-order valence-corrected chi connectivity index (χ4v) is 2.49. The Morgan fingerprint density at radius 1 is 1.71 bits per heavy atom. The van der Waals surface area contributed by atoms with Crippen LogP contribution in [0, 0.1) is 10.1 Å². The van der Waals surface area contributed by atoms with Gasteiger partial charge in [0.1, 0.15) is 6.20 Å². The quantitative estimate of drug-likeness (QED) is 0.657. The van der Waals surface area contributed by atoms with Crippen LogP contribution in [0.15, 0.2) is 11.6 Å². The van der Waals surface area contributed by atoms with Crippen molar-refractivity contribution in [3.8, 4) is 0 Å². The van der Waals surface area contributed by atoms with Crippen molar-refractivity contribution in [2.24, 2.45) is 0 Å². The predicted molar refractivity (Wildman–Crippen MR) is 67.7 cm³/mol. The minimum atomic E-state index is -0.395. The Bertz CT molecular complexity index is 533. The molecule has 0 radical (unpaired) electrons. The van der Waals surface area contributed by atoms with E-state index in [1.165, 1.54) is 15.7 Å². The van der Waals surface area contributed by atoms with Crippen LogP contribution in [0.25, 0.3) is 4.96 Å². The van der Waals surface area contributed by atoms with Gasteiger partial charge in [-0.15, -0.1) is 0 Å². The highest BCUT2D eigenvalue weighted by Crippen LogP contribution is 2.28. The van der Waals surface area contributed by atoms with Crippen molar-refractivity contribution in [1.82, 2.24) is 9.38 Å². The fraction of sp³-hybridized carbons (Fsp3) is 0.500. The molecule has 17 heavy (non-hydrogen) atoms. The SMILES string of the molecule is CCC[C@@H](C)Nc1nc2sccn2c1[N+](=O)[O-]. The molecule has 0 unspecified atom stereocenters. The maximum atomic E-state index is 11.0.